The average molecular weight is 325 g/mol. The van der Waals surface area contributed by atoms with E-state index in [4.69, 9.17) is 23.2 Å². The zero-order valence-corrected chi connectivity index (χ0v) is 13.5. The van der Waals surface area contributed by atoms with Crippen molar-refractivity contribution in [2.75, 3.05) is 17.2 Å². The Morgan fingerprint density at radius 3 is 2.67 bits per heavy atom. The maximum absolute atomic E-state index is 5.98. The summed E-state index contributed by atoms with van der Waals surface area (Å²) < 4.78 is 0. The van der Waals surface area contributed by atoms with Crippen LogP contribution in [0, 0.1) is 5.92 Å². The van der Waals surface area contributed by atoms with E-state index < -0.39 is 0 Å². The molecule has 0 spiro atoms. The van der Waals surface area contributed by atoms with E-state index in [2.05, 4.69) is 34.4 Å². The molecule has 0 amide bonds. The normalized spacial score (nSPS) is 10.7. The third-order valence-electron chi connectivity index (χ3n) is 2.86. The average Bonchev–Trinajstić information content (AvgIpc) is 2.43. The van der Waals surface area contributed by atoms with Gasteiger partial charge < -0.3 is 10.6 Å². The number of benzene rings is 1. The quantitative estimate of drug-likeness (QED) is 0.786. The number of nitrogens with one attached hydrogen (secondary N) is 2. The van der Waals surface area contributed by atoms with Gasteiger partial charge in [-0.3, -0.25) is 0 Å². The van der Waals surface area contributed by atoms with Gasteiger partial charge in [-0.15, -0.1) is 0 Å². The second-order valence-corrected chi connectivity index (χ2v) is 5.94. The summed E-state index contributed by atoms with van der Waals surface area (Å²) in [6.45, 7) is 5.28. The molecule has 1 aromatic heterocycles. The van der Waals surface area contributed by atoms with Crippen LogP contribution in [0.2, 0.25) is 10.0 Å². The lowest BCUT2D eigenvalue weighted by atomic mass is 10.1. The van der Waals surface area contributed by atoms with Gasteiger partial charge in [0.05, 0.1) is 10.0 Å². The molecule has 1 aromatic carbocycles. The molecular weight excluding hydrogens is 307 g/mol. The molecule has 0 aliphatic rings. The smallest absolute Gasteiger partial charge is 0.229 e. The molecule has 0 aliphatic carbocycles. The van der Waals surface area contributed by atoms with E-state index in [1.807, 2.05) is 12.1 Å². The van der Waals surface area contributed by atoms with Gasteiger partial charge in [-0.2, -0.15) is 4.98 Å². The monoisotopic (exact) mass is 324 g/mol. The van der Waals surface area contributed by atoms with Crippen LogP contribution >= 0.6 is 23.2 Å². The molecule has 2 rings (SSSR count). The third kappa shape index (κ3) is 5.06. The number of anilines is 3. The largest absolute Gasteiger partial charge is 0.370 e. The Morgan fingerprint density at radius 2 is 1.95 bits per heavy atom. The zero-order chi connectivity index (χ0) is 15.2. The van der Waals surface area contributed by atoms with E-state index in [1.165, 1.54) is 0 Å². The van der Waals surface area contributed by atoms with Crippen molar-refractivity contribution >= 4 is 40.7 Å². The predicted molar refractivity (Wildman–Crippen MR) is 89.7 cm³/mol. The SMILES string of the molecule is CC(C)CCNc1ccnc(Nc2ccc(Cl)c(Cl)c2)n1. The lowest BCUT2D eigenvalue weighted by molar-refractivity contribution is 0.606. The van der Waals surface area contributed by atoms with Crippen LogP contribution < -0.4 is 10.6 Å². The minimum Gasteiger partial charge on any atom is -0.370 e. The summed E-state index contributed by atoms with van der Waals surface area (Å²) in [4.78, 5) is 8.60. The Balaban J connectivity index is 2.01. The fourth-order valence-corrected chi connectivity index (χ4v) is 2.01. The molecular formula is C15H18Cl2N4. The highest BCUT2D eigenvalue weighted by molar-refractivity contribution is 6.42. The first kappa shape index (κ1) is 15.9. The van der Waals surface area contributed by atoms with E-state index in [9.17, 15) is 0 Å². The Morgan fingerprint density at radius 1 is 1.14 bits per heavy atom. The van der Waals surface area contributed by atoms with Gasteiger partial charge in [0, 0.05) is 18.4 Å². The molecule has 4 nitrogen and oxygen atoms in total. The van der Waals surface area contributed by atoms with Crippen LogP contribution in [-0.4, -0.2) is 16.5 Å². The first-order valence-electron chi connectivity index (χ1n) is 6.83. The number of hydrogen-bond donors (Lipinski definition) is 2. The van der Waals surface area contributed by atoms with Gasteiger partial charge in [0.1, 0.15) is 5.82 Å². The van der Waals surface area contributed by atoms with Crippen molar-refractivity contribution in [2.24, 2.45) is 5.92 Å². The van der Waals surface area contributed by atoms with E-state index in [-0.39, 0.29) is 0 Å². The Bertz CT molecular complexity index is 602. The maximum Gasteiger partial charge on any atom is 0.229 e. The van der Waals surface area contributed by atoms with Crippen LogP contribution in [0.15, 0.2) is 30.5 Å². The molecule has 112 valence electrons. The highest BCUT2D eigenvalue weighted by atomic mass is 35.5. The predicted octanol–water partition coefficient (Wildman–Crippen LogP) is 4.99. The highest BCUT2D eigenvalue weighted by Crippen LogP contribution is 2.26. The van der Waals surface area contributed by atoms with Crippen molar-refractivity contribution in [3.63, 3.8) is 0 Å². The van der Waals surface area contributed by atoms with E-state index in [0.29, 0.717) is 21.9 Å². The molecule has 21 heavy (non-hydrogen) atoms. The van der Waals surface area contributed by atoms with Crippen molar-refractivity contribution in [3.8, 4) is 0 Å². The molecule has 0 atom stereocenters. The zero-order valence-electron chi connectivity index (χ0n) is 12.0. The van der Waals surface area contributed by atoms with Gasteiger partial charge in [0.15, 0.2) is 0 Å². The van der Waals surface area contributed by atoms with Gasteiger partial charge in [-0.25, -0.2) is 4.98 Å². The Kier molecular flexibility index (Phi) is 5.65. The van der Waals surface area contributed by atoms with Crippen molar-refractivity contribution in [3.05, 3.63) is 40.5 Å². The van der Waals surface area contributed by atoms with Crippen LogP contribution in [-0.2, 0) is 0 Å². The summed E-state index contributed by atoms with van der Waals surface area (Å²) in [5.41, 5.74) is 0.795. The fourth-order valence-electron chi connectivity index (χ4n) is 1.71. The molecule has 1 heterocycles. The van der Waals surface area contributed by atoms with Crippen molar-refractivity contribution in [2.45, 2.75) is 20.3 Å². The molecule has 0 saturated carbocycles. The summed E-state index contributed by atoms with van der Waals surface area (Å²) in [5, 5.41) is 7.40. The second kappa shape index (κ2) is 7.48. The minimum absolute atomic E-state index is 0.493. The van der Waals surface area contributed by atoms with Crippen LogP contribution in [0.3, 0.4) is 0 Å². The number of aromatic nitrogens is 2. The first-order chi connectivity index (χ1) is 10.0. The molecule has 0 fully saturated rings. The summed E-state index contributed by atoms with van der Waals surface area (Å²) in [6.07, 6.45) is 2.81. The second-order valence-electron chi connectivity index (χ2n) is 5.13. The number of hydrogen-bond acceptors (Lipinski definition) is 4. The van der Waals surface area contributed by atoms with Gasteiger partial charge in [0.2, 0.25) is 5.95 Å². The molecule has 6 heteroatoms. The summed E-state index contributed by atoms with van der Waals surface area (Å²) in [6, 6.07) is 7.15. The molecule has 2 N–H and O–H groups in total. The van der Waals surface area contributed by atoms with Crippen LogP contribution in [0.5, 0.6) is 0 Å². The molecule has 0 aliphatic heterocycles. The number of nitrogens with zero attached hydrogens (tertiary/aromatic N) is 2. The molecule has 2 aromatic rings. The van der Waals surface area contributed by atoms with Gasteiger partial charge in [0.25, 0.3) is 0 Å². The minimum atomic E-state index is 0.493. The molecule has 0 unspecified atom stereocenters. The van der Waals surface area contributed by atoms with E-state index in [0.717, 1.165) is 24.5 Å². The van der Waals surface area contributed by atoms with E-state index >= 15 is 0 Å². The van der Waals surface area contributed by atoms with Crippen molar-refractivity contribution in [1.82, 2.24) is 9.97 Å². The Labute approximate surface area is 134 Å². The number of halogens is 2. The van der Waals surface area contributed by atoms with Crippen LogP contribution in [0.1, 0.15) is 20.3 Å². The molecule has 0 saturated heterocycles. The van der Waals surface area contributed by atoms with E-state index in [1.54, 1.807) is 18.3 Å². The van der Waals surface area contributed by atoms with Gasteiger partial charge >= 0.3 is 0 Å². The summed E-state index contributed by atoms with van der Waals surface area (Å²) >= 11 is 11.9. The topological polar surface area (TPSA) is 49.8 Å². The molecule has 0 bridgehead atoms. The third-order valence-corrected chi connectivity index (χ3v) is 3.60. The van der Waals surface area contributed by atoms with Gasteiger partial charge in [-0.1, -0.05) is 37.0 Å². The van der Waals surface area contributed by atoms with Gasteiger partial charge in [-0.05, 0) is 36.6 Å². The van der Waals surface area contributed by atoms with Crippen molar-refractivity contribution < 1.29 is 0 Å². The molecule has 0 radical (unpaired) electrons. The maximum atomic E-state index is 5.98. The standard InChI is InChI=1S/C15H18Cl2N4/c1-10(2)5-7-18-14-6-8-19-15(21-14)20-11-3-4-12(16)13(17)9-11/h3-4,6,8-10H,5,7H2,1-2H3,(H2,18,19,20,21). The van der Waals surface area contributed by atoms with Crippen LogP contribution in [0.25, 0.3) is 0 Å². The number of rotatable bonds is 6. The van der Waals surface area contributed by atoms with Crippen LogP contribution in [0.4, 0.5) is 17.5 Å². The lowest BCUT2D eigenvalue weighted by Gasteiger charge is -2.10. The summed E-state index contributed by atoms with van der Waals surface area (Å²) in [5.74, 6) is 1.98. The van der Waals surface area contributed by atoms with Crippen molar-refractivity contribution in [1.29, 1.82) is 0 Å². The fraction of sp³-hybridized carbons (Fsp3) is 0.333. The Hall–Kier alpha value is -1.52. The highest BCUT2D eigenvalue weighted by Gasteiger charge is 2.03. The summed E-state index contributed by atoms with van der Waals surface area (Å²) in [7, 11) is 0. The first-order valence-corrected chi connectivity index (χ1v) is 7.59. The lowest BCUT2D eigenvalue weighted by Crippen LogP contribution is -2.07.